The van der Waals surface area contributed by atoms with Crippen molar-refractivity contribution in [3.05, 3.63) is 46.2 Å². The van der Waals surface area contributed by atoms with Crippen LogP contribution in [0.2, 0.25) is 5.02 Å². The van der Waals surface area contributed by atoms with Gasteiger partial charge in [-0.05, 0) is 49.4 Å². The summed E-state index contributed by atoms with van der Waals surface area (Å²) < 4.78 is 0. The third kappa shape index (κ3) is 5.52. The van der Waals surface area contributed by atoms with E-state index in [0.29, 0.717) is 40.4 Å². The van der Waals surface area contributed by atoms with Gasteiger partial charge in [0.2, 0.25) is 0 Å². The van der Waals surface area contributed by atoms with Gasteiger partial charge in [-0.1, -0.05) is 47.6 Å². The van der Waals surface area contributed by atoms with Gasteiger partial charge in [-0.15, -0.1) is 0 Å². The number of carbonyl (C=O) groups is 1. The van der Waals surface area contributed by atoms with Crippen molar-refractivity contribution in [2.45, 2.75) is 63.0 Å². The van der Waals surface area contributed by atoms with Crippen molar-refractivity contribution in [1.29, 1.82) is 0 Å². The van der Waals surface area contributed by atoms with E-state index in [9.17, 15) is 9.90 Å². The molecular formula is C29H31ClN6O2S. The fraction of sp³-hybridized carbons (Fsp3) is 0.448. The molecule has 1 aliphatic heterocycles. The highest BCUT2D eigenvalue weighted by Crippen LogP contribution is 2.39. The van der Waals surface area contributed by atoms with Crippen molar-refractivity contribution in [2.24, 2.45) is 0 Å². The summed E-state index contributed by atoms with van der Waals surface area (Å²) in [5.41, 5.74) is 3.26. The third-order valence-electron chi connectivity index (χ3n) is 7.97. The van der Waals surface area contributed by atoms with Crippen LogP contribution in [-0.2, 0) is 12.8 Å². The number of urea groups is 1. The highest BCUT2D eigenvalue weighted by Gasteiger charge is 2.34. The summed E-state index contributed by atoms with van der Waals surface area (Å²) in [5, 5.41) is 17.5. The number of nitrogens with zero attached hydrogens (tertiary/aromatic N) is 4. The molecule has 3 heterocycles. The van der Waals surface area contributed by atoms with Crippen LogP contribution in [0.25, 0.3) is 22.0 Å². The Morgan fingerprint density at radius 1 is 1.21 bits per heavy atom. The molecule has 2 aromatic heterocycles. The number of aliphatic hydroxyl groups is 1. The van der Waals surface area contributed by atoms with E-state index < -0.39 is 5.60 Å². The Bertz CT molecular complexity index is 1460. The number of benzene rings is 1. The first-order valence-corrected chi connectivity index (χ1v) is 14.7. The Morgan fingerprint density at radius 2 is 2.00 bits per heavy atom. The van der Waals surface area contributed by atoms with E-state index in [-0.39, 0.29) is 6.03 Å². The van der Waals surface area contributed by atoms with E-state index in [4.69, 9.17) is 16.6 Å². The lowest BCUT2D eigenvalue weighted by atomic mass is 9.90. The number of aromatic nitrogens is 3. The molecule has 1 aromatic carbocycles. The van der Waals surface area contributed by atoms with E-state index in [2.05, 4.69) is 37.3 Å². The Balaban J connectivity index is 1.23. The van der Waals surface area contributed by atoms with Gasteiger partial charge in [0.15, 0.2) is 11.0 Å². The largest absolute Gasteiger partial charge is 0.377 e. The molecule has 3 aromatic rings. The Hall–Kier alpha value is -3.03. The molecule has 0 unspecified atom stereocenters. The monoisotopic (exact) mass is 562 g/mol. The van der Waals surface area contributed by atoms with Crippen molar-refractivity contribution in [2.75, 3.05) is 25.5 Å². The lowest BCUT2D eigenvalue weighted by molar-refractivity contribution is 0.0137. The molecule has 0 bridgehead atoms. The predicted molar refractivity (Wildman–Crippen MR) is 154 cm³/mol. The zero-order valence-corrected chi connectivity index (χ0v) is 23.5. The number of nitrogens with one attached hydrogen (secondary N) is 2. The summed E-state index contributed by atoms with van der Waals surface area (Å²) in [5.74, 6) is 6.86. The van der Waals surface area contributed by atoms with Crippen LogP contribution >= 0.6 is 22.9 Å². The number of rotatable bonds is 3. The minimum absolute atomic E-state index is 0.307. The number of hydrogen-bond acceptors (Lipinski definition) is 7. The summed E-state index contributed by atoms with van der Waals surface area (Å²) in [4.78, 5) is 29.3. The maximum Gasteiger partial charge on any atom is 0.320 e. The highest BCUT2D eigenvalue weighted by atomic mass is 35.5. The molecule has 10 heteroatoms. The van der Waals surface area contributed by atoms with E-state index in [1.807, 2.05) is 18.3 Å². The van der Waals surface area contributed by atoms with E-state index in [0.717, 1.165) is 53.3 Å². The number of anilines is 1. The van der Waals surface area contributed by atoms with Crippen molar-refractivity contribution >= 4 is 34.1 Å². The van der Waals surface area contributed by atoms with Crippen LogP contribution in [0.15, 0.2) is 24.4 Å². The van der Waals surface area contributed by atoms with E-state index in [1.165, 1.54) is 37.0 Å². The van der Waals surface area contributed by atoms with E-state index in [1.54, 1.807) is 13.1 Å². The van der Waals surface area contributed by atoms with Crippen LogP contribution in [0.3, 0.4) is 0 Å². The number of likely N-dealkylation sites (tertiary alicyclic amines) is 1. The zero-order chi connectivity index (χ0) is 27.0. The maximum absolute atomic E-state index is 11.8. The fourth-order valence-corrected chi connectivity index (χ4v) is 6.94. The van der Waals surface area contributed by atoms with Gasteiger partial charge in [-0.2, -0.15) is 0 Å². The summed E-state index contributed by atoms with van der Waals surface area (Å²) in [6.07, 6.45) is 9.92. The lowest BCUT2D eigenvalue weighted by Gasteiger charge is -2.38. The van der Waals surface area contributed by atoms with Crippen molar-refractivity contribution < 1.29 is 9.90 Å². The predicted octanol–water partition coefficient (Wildman–Crippen LogP) is 4.89. The van der Waals surface area contributed by atoms with Crippen LogP contribution in [0.1, 0.15) is 55.3 Å². The number of halogens is 1. The van der Waals surface area contributed by atoms with Gasteiger partial charge in [-0.3, -0.25) is 5.32 Å². The van der Waals surface area contributed by atoms with Crippen LogP contribution < -0.4 is 10.6 Å². The van der Waals surface area contributed by atoms with Gasteiger partial charge in [0.1, 0.15) is 5.60 Å². The molecule has 0 radical (unpaired) electrons. The number of piperidine rings is 1. The van der Waals surface area contributed by atoms with Gasteiger partial charge < -0.3 is 15.3 Å². The summed E-state index contributed by atoms with van der Waals surface area (Å²) >= 11 is 8.00. The summed E-state index contributed by atoms with van der Waals surface area (Å²) in [7, 11) is 1.57. The topological polar surface area (TPSA) is 103 Å². The second kappa shape index (κ2) is 10.9. The van der Waals surface area contributed by atoms with Gasteiger partial charge in [0.25, 0.3) is 0 Å². The molecule has 0 spiro atoms. The number of aryl methyl sites for hydroxylation is 2. The second-order valence-corrected chi connectivity index (χ2v) is 11.9. The Morgan fingerprint density at radius 3 is 2.77 bits per heavy atom. The minimum atomic E-state index is -0.972. The molecule has 39 heavy (non-hydrogen) atoms. The molecule has 3 aliphatic rings. The summed E-state index contributed by atoms with van der Waals surface area (Å²) in [6.45, 7) is 1.79. The molecule has 2 aliphatic carbocycles. The quantitative estimate of drug-likeness (QED) is 0.393. The molecule has 6 rings (SSSR count). The van der Waals surface area contributed by atoms with Gasteiger partial charge >= 0.3 is 6.03 Å². The normalized spacial score (nSPS) is 18.5. The zero-order valence-electron chi connectivity index (χ0n) is 21.9. The summed E-state index contributed by atoms with van der Waals surface area (Å²) in [6, 6.07) is 5.94. The molecule has 1 saturated carbocycles. The Kier molecular flexibility index (Phi) is 7.29. The Labute approximate surface area is 237 Å². The number of carbonyl (C=O) groups excluding carboxylic acids is 1. The SMILES string of the molecule is CNC(=O)Nc1nc2c(s1)-c1nc(-c3cc(C#CC4(O)CCN(C5CCCC5)CC4)ccc3Cl)ncc1CC2. The second-order valence-electron chi connectivity index (χ2n) is 10.5. The average molecular weight is 563 g/mol. The number of thiazole rings is 1. The first kappa shape index (κ1) is 26.2. The van der Waals surface area contributed by atoms with Crippen molar-refractivity contribution in [1.82, 2.24) is 25.2 Å². The van der Waals surface area contributed by atoms with Crippen LogP contribution in [0.5, 0.6) is 0 Å². The van der Waals surface area contributed by atoms with Gasteiger partial charge in [-0.25, -0.2) is 19.7 Å². The van der Waals surface area contributed by atoms with Gasteiger partial charge in [0.05, 0.1) is 21.3 Å². The van der Waals surface area contributed by atoms with Crippen molar-refractivity contribution in [3.63, 3.8) is 0 Å². The van der Waals surface area contributed by atoms with E-state index >= 15 is 0 Å². The van der Waals surface area contributed by atoms with Crippen LogP contribution in [0.4, 0.5) is 9.93 Å². The highest BCUT2D eigenvalue weighted by molar-refractivity contribution is 7.19. The molecule has 2 amide bonds. The molecule has 8 nitrogen and oxygen atoms in total. The minimum Gasteiger partial charge on any atom is -0.377 e. The number of amides is 2. The molecular weight excluding hydrogens is 532 g/mol. The smallest absolute Gasteiger partial charge is 0.320 e. The average Bonchev–Trinajstić information content (AvgIpc) is 3.63. The lowest BCUT2D eigenvalue weighted by Crippen LogP contribution is -2.47. The third-order valence-corrected chi connectivity index (χ3v) is 9.32. The van der Waals surface area contributed by atoms with Crippen LogP contribution in [0, 0.1) is 11.8 Å². The maximum atomic E-state index is 11.8. The fourth-order valence-electron chi connectivity index (χ4n) is 5.70. The standard InChI is InChI=1S/C29H31ClN6O2S/c1-31-27(37)35-28-33-23-9-7-19-17-32-26(34-24(19)25(23)39-28)21-16-18(6-8-22(21)30)10-11-29(38)12-14-36(15-13-29)20-4-2-3-5-20/h6,8,16-17,20,38H,2-5,7,9,12-15H2,1H3,(H2,31,33,35,37). The molecule has 2 fully saturated rings. The number of fused-ring (bicyclic) bond motifs is 3. The molecule has 202 valence electrons. The molecule has 3 N–H and O–H groups in total. The molecule has 0 atom stereocenters. The van der Waals surface area contributed by atoms with Crippen LogP contribution in [-0.4, -0.2) is 62.8 Å². The first-order chi connectivity index (χ1) is 18.9. The number of hydrogen-bond donors (Lipinski definition) is 3. The van der Waals surface area contributed by atoms with Crippen molar-refractivity contribution in [3.8, 4) is 33.8 Å². The van der Waals surface area contributed by atoms with Gasteiger partial charge in [0, 0.05) is 56.3 Å². The first-order valence-electron chi connectivity index (χ1n) is 13.5. The molecule has 1 saturated heterocycles.